The summed E-state index contributed by atoms with van der Waals surface area (Å²) in [5, 5.41) is 19.5. The van der Waals surface area contributed by atoms with Crippen molar-refractivity contribution in [2.75, 3.05) is 30.0 Å². The highest BCUT2D eigenvalue weighted by molar-refractivity contribution is 7.99. The fourth-order valence-electron chi connectivity index (χ4n) is 2.85. The van der Waals surface area contributed by atoms with Gasteiger partial charge in [-0.25, -0.2) is 14.6 Å². The van der Waals surface area contributed by atoms with Gasteiger partial charge in [-0.1, -0.05) is 12.5 Å². The lowest BCUT2D eigenvalue weighted by atomic mass is 10.1. The molecule has 3 N–H and O–H groups in total. The van der Waals surface area contributed by atoms with Crippen LogP contribution in [0.3, 0.4) is 0 Å². The first-order valence-corrected chi connectivity index (χ1v) is 12.0. The number of carboxylic acids is 2. The highest BCUT2D eigenvalue weighted by Crippen LogP contribution is 2.20. The predicted octanol–water partition coefficient (Wildman–Crippen LogP) is 3.03. The molecule has 1 amide bonds. The first kappa shape index (κ1) is 25.5. The van der Waals surface area contributed by atoms with E-state index in [1.165, 1.54) is 23.6 Å². The van der Waals surface area contributed by atoms with Crippen LogP contribution in [0.15, 0.2) is 35.8 Å². The number of aromatic nitrogens is 1. The summed E-state index contributed by atoms with van der Waals surface area (Å²) < 4.78 is 0. The van der Waals surface area contributed by atoms with Crippen LogP contribution in [0.4, 0.5) is 5.82 Å². The molecule has 0 atom stereocenters. The van der Waals surface area contributed by atoms with Gasteiger partial charge in [0.2, 0.25) is 11.7 Å². The number of carboxylic acid groups (broad SMARTS) is 2. The third-order valence-corrected chi connectivity index (χ3v) is 6.33. The van der Waals surface area contributed by atoms with E-state index in [1.54, 1.807) is 24.4 Å². The van der Waals surface area contributed by atoms with Crippen LogP contribution < -0.4 is 5.32 Å². The quantitative estimate of drug-likeness (QED) is 0.281. The van der Waals surface area contributed by atoms with Crippen molar-refractivity contribution in [3.05, 3.63) is 46.3 Å². The SMILES string of the molecule is O=C(CCCCCN1CCSC1)Nc1ncccc1C(=O)c1cccs1.O=C(O)C(=O)O. The molecule has 1 saturated heterocycles. The number of hydrogen-bond donors (Lipinski definition) is 3. The Bertz CT molecular complexity index is 902. The molecule has 32 heavy (non-hydrogen) atoms. The van der Waals surface area contributed by atoms with Gasteiger partial charge in [0, 0.05) is 30.8 Å². The molecule has 0 radical (unpaired) electrons. The van der Waals surface area contributed by atoms with Crippen molar-refractivity contribution in [3.63, 3.8) is 0 Å². The van der Waals surface area contributed by atoms with Crippen LogP contribution in [0.25, 0.3) is 0 Å². The minimum Gasteiger partial charge on any atom is -0.473 e. The summed E-state index contributed by atoms with van der Waals surface area (Å²) in [4.78, 5) is 50.3. The molecule has 1 aliphatic heterocycles. The normalized spacial score (nSPS) is 13.1. The Hall–Kier alpha value is -2.76. The van der Waals surface area contributed by atoms with E-state index in [-0.39, 0.29) is 11.7 Å². The van der Waals surface area contributed by atoms with E-state index < -0.39 is 11.9 Å². The van der Waals surface area contributed by atoms with Gasteiger partial charge in [-0.15, -0.1) is 23.1 Å². The Morgan fingerprint density at radius 3 is 2.47 bits per heavy atom. The zero-order chi connectivity index (χ0) is 23.3. The van der Waals surface area contributed by atoms with Crippen LogP contribution >= 0.6 is 23.1 Å². The minimum absolute atomic E-state index is 0.0827. The number of amides is 1. The van der Waals surface area contributed by atoms with Gasteiger partial charge in [-0.05, 0) is 43.0 Å². The van der Waals surface area contributed by atoms with E-state index in [4.69, 9.17) is 19.8 Å². The van der Waals surface area contributed by atoms with Crippen LogP contribution in [-0.2, 0) is 14.4 Å². The number of thioether (sulfide) groups is 1. The largest absolute Gasteiger partial charge is 0.473 e. The number of ketones is 1. The summed E-state index contributed by atoms with van der Waals surface area (Å²) in [7, 11) is 0. The van der Waals surface area contributed by atoms with E-state index in [2.05, 4.69) is 15.2 Å². The van der Waals surface area contributed by atoms with E-state index in [9.17, 15) is 9.59 Å². The average molecular weight is 480 g/mol. The summed E-state index contributed by atoms with van der Waals surface area (Å²) in [6, 6.07) is 7.05. The van der Waals surface area contributed by atoms with Crippen LogP contribution in [-0.4, -0.2) is 68.4 Å². The van der Waals surface area contributed by atoms with Crippen LogP contribution in [0.2, 0.25) is 0 Å². The first-order valence-electron chi connectivity index (χ1n) is 9.98. The number of unbranched alkanes of at least 4 members (excludes halogenated alkanes) is 2. The number of nitrogens with zero attached hydrogens (tertiary/aromatic N) is 2. The molecule has 0 spiro atoms. The molecule has 3 heterocycles. The number of thiophene rings is 1. The maximum absolute atomic E-state index is 12.5. The topological polar surface area (TPSA) is 137 Å². The molecule has 0 aliphatic carbocycles. The zero-order valence-corrected chi connectivity index (χ0v) is 19.0. The number of rotatable bonds is 9. The van der Waals surface area contributed by atoms with E-state index in [1.807, 2.05) is 23.2 Å². The van der Waals surface area contributed by atoms with Crippen molar-refractivity contribution >= 4 is 52.5 Å². The van der Waals surface area contributed by atoms with Gasteiger partial charge in [0.15, 0.2) is 0 Å². The lowest BCUT2D eigenvalue weighted by molar-refractivity contribution is -0.159. The molecule has 9 nitrogen and oxygen atoms in total. The standard InChI is InChI=1S/C19H23N3O2S2.C2H2O4/c23-17(8-2-1-3-10-22-11-13-25-14-22)21-19-15(6-4-9-20-19)18(24)16-7-5-12-26-16;3-1(4)2(5)6/h4-7,9,12H,1-3,8,10-11,13-14H2,(H,20,21,23);(H,3,4)(H,5,6). The van der Waals surface area contributed by atoms with Gasteiger partial charge in [0.1, 0.15) is 5.82 Å². The number of carbonyl (C=O) groups excluding carboxylic acids is 2. The van der Waals surface area contributed by atoms with Crippen LogP contribution in [0.5, 0.6) is 0 Å². The second-order valence-corrected chi connectivity index (χ2v) is 8.85. The van der Waals surface area contributed by atoms with E-state index in [0.29, 0.717) is 22.7 Å². The van der Waals surface area contributed by atoms with Crippen LogP contribution in [0, 0.1) is 0 Å². The van der Waals surface area contributed by atoms with Crippen molar-refractivity contribution in [2.45, 2.75) is 25.7 Å². The highest BCUT2D eigenvalue weighted by Gasteiger charge is 2.17. The lowest BCUT2D eigenvalue weighted by Gasteiger charge is -2.13. The van der Waals surface area contributed by atoms with Crippen molar-refractivity contribution in [1.82, 2.24) is 9.88 Å². The predicted molar refractivity (Wildman–Crippen MR) is 123 cm³/mol. The van der Waals surface area contributed by atoms with Gasteiger partial charge in [0.05, 0.1) is 10.4 Å². The number of anilines is 1. The lowest BCUT2D eigenvalue weighted by Crippen LogP contribution is -2.20. The Kier molecular flexibility index (Phi) is 10.8. The summed E-state index contributed by atoms with van der Waals surface area (Å²) >= 11 is 3.37. The molecule has 2 aromatic rings. The van der Waals surface area contributed by atoms with Crippen molar-refractivity contribution in [2.24, 2.45) is 0 Å². The molecule has 0 unspecified atom stereocenters. The van der Waals surface area contributed by atoms with Crippen molar-refractivity contribution in [3.8, 4) is 0 Å². The molecule has 172 valence electrons. The molecular formula is C21H25N3O6S2. The third-order valence-electron chi connectivity index (χ3n) is 4.44. The van der Waals surface area contributed by atoms with Gasteiger partial charge in [-0.2, -0.15) is 0 Å². The smallest absolute Gasteiger partial charge is 0.414 e. The monoisotopic (exact) mass is 479 g/mol. The number of nitrogens with one attached hydrogen (secondary N) is 1. The van der Waals surface area contributed by atoms with Crippen molar-refractivity contribution in [1.29, 1.82) is 0 Å². The first-order chi connectivity index (χ1) is 15.4. The Labute approximate surface area is 193 Å². The number of carbonyl (C=O) groups is 4. The second kappa shape index (κ2) is 13.6. The molecule has 1 aliphatic rings. The maximum Gasteiger partial charge on any atom is 0.414 e. The third kappa shape index (κ3) is 8.77. The van der Waals surface area contributed by atoms with E-state index in [0.717, 1.165) is 31.7 Å². The molecule has 3 rings (SSSR count). The fraction of sp³-hybridized carbons (Fsp3) is 0.381. The highest BCUT2D eigenvalue weighted by atomic mass is 32.2. The molecule has 0 saturated carbocycles. The molecule has 2 aromatic heterocycles. The molecular weight excluding hydrogens is 454 g/mol. The summed E-state index contributed by atoms with van der Waals surface area (Å²) in [6.45, 7) is 2.31. The Balaban J connectivity index is 0.000000534. The van der Waals surface area contributed by atoms with Gasteiger partial charge >= 0.3 is 11.9 Å². The second-order valence-electron chi connectivity index (χ2n) is 6.83. The molecule has 1 fully saturated rings. The van der Waals surface area contributed by atoms with Gasteiger partial charge in [-0.3, -0.25) is 14.5 Å². The Morgan fingerprint density at radius 1 is 1.06 bits per heavy atom. The van der Waals surface area contributed by atoms with Crippen LogP contribution in [0.1, 0.15) is 40.9 Å². The summed E-state index contributed by atoms with van der Waals surface area (Å²) in [5.74, 6) is -1.11. The molecule has 11 heteroatoms. The maximum atomic E-state index is 12.5. The zero-order valence-electron chi connectivity index (χ0n) is 17.4. The Morgan fingerprint density at radius 2 is 1.84 bits per heavy atom. The van der Waals surface area contributed by atoms with Crippen molar-refractivity contribution < 1.29 is 29.4 Å². The minimum atomic E-state index is -1.82. The van der Waals surface area contributed by atoms with E-state index >= 15 is 0 Å². The molecule has 0 aromatic carbocycles. The number of hydrogen-bond acceptors (Lipinski definition) is 8. The number of pyridine rings is 1. The van der Waals surface area contributed by atoms with Gasteiger partial charge < -0.3 is 15.5 Å². The fourth-order valence-corrected chi connectivity index (χ4v) is 4.56. The molecule has 0 bridgehead atoms. The average Bonchev–Trinajstić information content (AvgIpc) is 3.48. The van der Waals surface area contributed by atoms with Gasteiger partial charge in [0.25, 0.3) is 0 Å². The summed E-state index contributed by atoms with van der Waals surface area (Å²) in [6.07, 6.45) is 5.07. The summed E-state index contributed by atoms with van der Waals surface area (Å²) in [5.41, 5.74) is 0.440. The number of aliphatic carboxylic acids is 2.